The molecule has 0 saturated heterocycles. The van der Waals surface area contributed by atoms with Crippen LogP contribution >= 0.6 is 23.2 Å². The van der Waals surface area contributed by atoms with Gasteiger partial charge in [0.25, 0.3) is 0 Å². The van der Waals surface area contributed by atoms with Crippen molar-refractivity contribution in [2.24, 2.45) is 0 Å². The molecular weight excluding hydrogens is 260 g/mol. The van der Waals surface area contributed by atoms with Gasteiger partial charge in [0.2, 0.25) is 0 Å². The Hall–Kier alpha value is -0.415. The molecule has 2 N–H and O–H groups in total. The minimum atomic E-state index is -1.43. The fourth-order valence-electron chi connectivity index (χ4n) is 1.72. The second-order valence-corrected chi connectivity index (χ2v) is 4.54. The maximum Gasteiger partial charge on any atom is 0.488 e. The van der Waals surface area contributed by atoms with Crippen molar-refractivity contribution in [3.63, 3.8) is 0 Å². The van der Waals surface area contributed by atoms with E-state index in [-0.39, 0.29) is 0 Å². The van der Waals surface area contributed by atoms with Crippen molar-refractivity contribution in [3.05, 3.63) is 23.8 Å². The van der Waals surface area contributed by atoms with Crippen molar-refractivity contribution in [1.82, 2.24) is 0 Å². The van der Waals surface area contributed by atoms with E-state index in [0.717, 1.165) is 24.3 Å². The molecule has 0 aliphatic heterocycles. The number of aryl methyl sites for hydroxylation is 1. The molecule has 94 valence electrons. The minimum Gasteiger partial charge on any atom is -0.423 e. The van der Waals surface area contributed by atoms with Gasteiger partial charge in [-0.15, -0.1) is 23.2 Å². The van der Waals surface area contributed by atoms with Gasteiger partial charge in [-0.3, -0.25) is 0 Å². The lowest BCUT2D eigenvalue weighted by Crippen LogP contribution is -2.33. The van der Waals surface area contributed by atoms with Crippen LogP contribution in [-0.4, -0.2) is 42.0 Å². The molecule has 0 saturated carbocycles. The standard InChI is InChI=1S/C11H16BCl2NO2/c1-9-8-10(2-3-11(9)12(16)17)15(6-4-13)7-5-14/h2-3,8,16-17H,4-7H2,1H3. The normalized spacial score (nSPS) is 10.4. The zero-order valence-corrected chi connectivity index (χ0v) is 11.2. The second-order valence-electron chi connectivity index (χ2n) is 3.78. The minimum absolute atomic E-state index is 0.519. The summed E-state index contributed by atoms with van der Waals surface area (Å²) in [7, 11) is -1.43. The molecule has 1 rings (SSSR count). The topological polar surface area (TPSA) is 43.7 Å². The molecule has 0 spiro atoms. The number of halogens is 2. The van der Waals surface area contributed by atoms with E-state index in [1.165, 1.54) is 0 Å². The first-order chi connectivity index (χ1) is 8.10. The highest BCUT2D eigenvalue weighted by molar-refractivity contribution is 6.59. The molecule has 0 aromatic heterocycles. The van der Waals surface area contributed by atoms with Gasteiger partial charge < -0.3 is 14.9 Å². The highest BCUT2D eigenvalue weighted by Crippen LogP contribution is 2.15. The summed E-state index contributed by atoms with van der Waals surface area (Å²) in [5.41, 5.74) is 2.35. The average Bonchev–Trinajstić information content (AvgIpc) is 2.28. The molecule has 0 aliphatic rings. The summed E-state index contributed by atoms with van der Waals surface area (Å²) in [6.07, 6.45) is 0. The van der Waals surface area contributed by atoms with Crippen LogP contribution < -0.4 is 10.4 Å². The molecule has 1 aromatic rings. The molecule has 0 heterocycles. The summed E-state index contributed by atoms with van der Waals surface area (Å²) in [5.74, 6) is 1.06. The number of hydrogen-bond donors (Lipinski definition) is 2. The fraction of sp³-hybridized carbons (Fsp3) is 0.455. The summed E-state index contributed by atoms with van der Waals surface area (Å²) >= 11 is 11.5. The average molecular weight is 276 g/mol. The molecule has 0 radical (unpaired) electrons. The number of benzene rings is 1. The van der Waals surface area contributed by atoms with Gasteiger partial charge in [-0.25, -0.2) is 0 Å². The van der Waals surface area contributed by atoms with E-state index in [9.17, 15) is 0 Å². The molecule has 0 fully saturated rings. The van der Waals surface area contributed by atoms with Crippen LogP contribution in [0.5, 0.6) is 0 Å². The Kier molecular flexibility index (Phi) is 6.13. The Bertz CT molecular complexity index is 357. The second kappa shape index (κ2) is 7.12. The van der Waals surface area contributed by atoms with Crippen molar-refractivity contribution >= 4 is 41.5 Å². The van der Waals surface area contributed by atoms with Gasteiger partial charge in [-0.05, 0) is 30.1 Å². The lowest BCUT2D eigenvalue weighted by molar-refractivity contribution is 0.425. The van der Waals surface area contributed by atoms with E-state index in [1.807, 2.05) is 19.1 Å². The van der Waals surface area contributed by atoms with Gasteiger partial charge in [0, 0.05) is 30.5 Å². The molecule has 3 nitrogen and oxygen atoms in total. The van der Waals surface area contributed by atoms with E-state index >= 15 is 0 Å². The van der Waals surface area contributed by atoms with Crippen molar-refractivity contribution in [2.75, 3.05) is 29.7 Å². The molecule has 0 unspecified atom stereocenters. The Morgan fingerprint density at radius 1 is 1.18 bits per heavy atom. The number of anilines is 1. The van der Waals surface area contributed by atoms with Crippen molar-refractivity contribution in [2.45, 2.75) is 6.92 Å². The zero-order valence-electron chi connectivity index (χ0n) is 9.74. The van der Waals surface area contributed by atoms with Crippen LogP contribution in [0.3, 0.4) is 0 Å². The Balaban J connectivity index is 2.93. The van der Waals surface area contributed by atoms with E-state index in [0.29, 0.717) is 17.2 Å². The molecular formula is C11H16BCl2NO2. The van der Waals surface area contributed by atoms with Crippen LogP contribution in [0.1, 0.15) is 5.56 Å². The first-order valence-corrected chi connectivity index (χ1v) is 6.50. The van der Waals surface area contributed by atoms with E-state index < -0.39 is 7.12 Å². The predicted molar refractivity (Wildman–Crippen MR) is 74.7 cm³/mol. The van der Waals surface area contributed by atoms with E-state index in [4.69, 9.17) is 33.2 Å². The first-order valence-electron chi connectivity index (χ1n) is 5.43. The van der Waals surface area contributed by atoms with Crippen molar-refractivity contribution in [3.8, 4) is 0 Å². The van der Waals surface area contributed by atoms with Gasteiger partial charge in [-0.2, -0.15) is 0 Å². The van der Waals surface area contributed by atoms with E-state index in [1.54, 1.807) is 6.07 Å². The SMILES string of the molecule is Cc1cc(N(CCCl)CCCl)ccc1B(O)O. The number of rotatable bonds is 6. The van der Waals surface area contributed by atoms with Crippen LogP contribution in [0.2, 0.25) is 0 Å². The third-order valence-electron chi connectivity index (χ3n) is 2.61. The van der Waals surface area contributed by atoms with Crippen molar-refractivity contribution in [1.29, 1.82) is 0 Å². The maximum absolute atomic E-state index is 9.14. The number of nitrogens with zero attached hydrogens (tertiary/aromatic N) is 1. The third-order valence-corrected chi connectivity index (χ3v) is 2.94. The molecule has 6 heteroatoms. The smallest absolute Gasteiger partial charge is 0.423 e. The summed E-state index contributed by atoms with van der Waals surface area (Å²) in [4.78, 5) is 2.07. The summed E-state index contributed by atoms with van der Waals surface area (Å²) in [6, 6.07) is 5.47. The number of alkyl halides is 2. The molecule has 0 amide bonds. The molecule has 17 heavy (non-hydrogen) atoms. The zero-order chi connectivity index (χ0) is 12.8. The maximum atomic E-state index is 9.14. The molecule has 0 atom stereocenters. The summed E-state index contributed by atoms with van der Waals surface area (Å²) < 4.78 is 0. The summed E-state index contributed by atoms with van der Waals surface area (Å²) in [6.45, 7) is 3.28. The molecule has 0 bridgehead atoms. The van der Waals surface area contributed by atoms with Crippen LogP contribution in [0, 0.1) is 6.92 Å². The highest BCUT2D eigenvalue weighted by Gasteiger charge is 2.15. The highest BCUT2D eigenvalue weighted by atomic mass is 35.5. The van der Waals surface area contributed by atoms with Crippen LogP contribution in [0.25, 0.3) is 0 Å². The van der Waals surface area contributed by atoms with E-state index in [2.05, 4.69) is 4.90 Å². The number of hydrogen-bond acceptors (Lipinski definition) is 3. The quantitative estimate of drug-likeness (QED) is 0.600. The first kappa shape index (κ1) is 14.6. The lowest BCUT2D eigenvalue weighted by atomic mass is 9.77. The van der Waals surface area contributed by atoms with Crippen LogP contribution in [0.4, 0.5) is 5.69 Å². The Labute approximate surface area is 112 Å². The van der Waals surface area contributed by atoms with Gasteiger partial charge in [-0.1, -0.05) is 6.07 Å². The predicted octanol–water partition coefficient (Wildman–Crippen LogP) is 0.959. The third kappa shape index (κ3) is 4.07. The van der Waals surface area contributed by atoms with Gasteiger partial charge in [0.1, 0.15) is 0 Å². The van der Waals surface area contributed by atoms with Gasteiger partial charge >= 0.3 is 7.12 Å². The Morgan fingerprint density at radius 3 is 2.18 bits per heavy atom. The summed E-state index contributed by atoms with van der Waals surface area (Å²) in [5, 5.41) is 18.3. The van der Waals surface area contributed by atoms with Crippen molar-refractivity contribution < 1.29 is 10.0 Å². The van der Waals surface area contributed by atoms with Gasteiger partial charge in [0.05, 0.1) is 0 Å². The largest absolute Gasteiger partial charge is 0.488 e. The van der Waals surface area contributed by atoms with Crippen LogP contribution in [-0.2, 0) is 0 Å². The fourth-order valence-corrected chi connectivity index (χ4v) is 2.13. The van der Waals surface area contributed by atoms with Crippen LogP contribution in [0.15, 0.2) is 18.2 Å². The monoisotopic (exact) mass is 275 g/mol. The Morgan fingerprint density at radius 2 is 1.76 bits per heavy atom. The molecule has 1 aromatic carbocycles. The molecule has 0 aliphatic carbocycles. The lowest BCUT2D eigenvalue weighted by Gasteiger charge is -2.23. The van der Waals surface area contributed by atoms with Gasteiger partial charge in [0.15, 0.2) is 0 Å².